The zero-order valence-electron chi connectivity index (χ0n) is 19.2. The lowest BCUT2D eigenvalue weighted by Crippen LogP contribution is -2.33. The lowest BCUT2D eigenvalue weighted by Gasteiger charge is -2.20. The van der Waals surface area contributed by atoms with E-state index in [9.17, 15) is 14.3 Å². The molecule has 5 rings (SSSR count). The van der Waals surface area contributed by atoms with Gasteiger partial charge in [-0.05, 0) is 56.1 Å². The Morgan fingerprint density at radius 3 is 2.77 bits per heavy atom. The molecule has 1 aliphatic rings. The van der Waals surface area contributed by atoms with E-state index in [0.717, 1.165) is 29.6 Å². The van der Waals surface area contributed by atoms with Crippen molar-refractivity contribution in [2.24, 2.45) is 4.99 Å². The standard InChI is InChI=1S/C24H23FN8O2/c1-24(2,35)21(14-3-5-17(25)6-4-14)32-23(34)31-20-9-16-11-29-33(19(16)13-27-20)22-28-10-15-7-8-26-12-18(15)30-22/h3-6,9-11,13,26,35H,7-8,12H2,1-2H3,(H,27,31,34)/b32-21+. The van der Waals surface area contributed by atoms with Crippen molar-refractivity contribution in [1.82, 2.24) is 30.0 Å². The molecule has 1 aromatic carbocycles. The SMILES string of the molecule is CC(C)(O)/C(=N/C(=O)Nc1cc2cnn(-c3ncc4c(n3)CNCC4)c2cn1)c1ccc(F)cc1. The number of amides is 2. The fourth-order valence-electron chi connectivity index (χ4n) is 3.88. The summed E-state index contributed by atoms with van der Waals surface area (Å²) < 4.78 is 14.9. The first kappa shape index (κ1) is 22.7. The third-order valence-corrected chi connectivity index (χ3v) is 5.59. The summed E-state index contributed by atoms with van der Waals surface area (Å²) in [6, 6.07) is 6.33. The van der Waals surface area contributed by atoms with Gasteiger partial charge < -0.3 is 10.4 Å². The summed E-state index contributed by atoms with van der Waals surface area (Å²) in [5, 5.41) is 21.5. The van der Waals surface area contributed by atoms with Crippen LogP contribution in [0.3, 0.4) is 0 Å². The molecule has 0 unspecified atom stereocenters. The second kappa shape index (κ2) is 8.93. The van der Waals surface area contributed by atoms with Crippen LogP contribution in [-0.4, -0.2) is 53.7 Å². The molecule has 0 spiro atoms. The van der Waals surface area contributed by atoms with Gasteiger partial charge in [-0.1, -0.05) is 12.1 Å². The lowest BCUT2D eigenvalue weighted by molar-refractivity contribution is 0.154. The molecule has 2 amide bonds. The van der Waals surface area contributed by atoms with Gasteiger partial charge in [-0.15, -0.1) is 0 Å². The number of pyridine rings is 1. The highest BCUT2D eigenvalue weighted by Gasteiger charge is 2.24. The highest BCUT2D eigenvalue weighted by atomic mass is 19.1. The van der Waals surface area contributed by atoms with Crippen LogP contribution in [-0.2, 0) is 13.0 Å². The van der Waals surface area contributed by atoms with Gasteiger partial charge >= 0.3 is 6.03 Å². The summed E-state index contributed by atoms with van der Waals surface area (Å²) in [6.07, 6.45) is 5.92. The Hall–Kier alpha value is -4.09. The third kappa shape index (κ3) is 4.77. The van der Waals surface area contributed by atoms with Gasteiger partial charge in [0.15, 0.2) is 0 Å². The Morgan fingerprint density at radius 2 is 2.00 bits per heavy atom. The monoisotopic (exact) mass is 474 g/mol. The van der Waals surface area contributed by atoms with Crippen molar-refractivity contribution in [3.05, 3.63) is 71.6 Å². The van der Waals surface area contributed by atoms with Gasteiger partial charge in [0.05, 0.1) is 29.3 Å². The first-order valence-electron chi connectivity index (χ1n) is 11.1. The molecule has 4 heterocycles. The largest absolute Gasteiger partial charge is 0.384 e. The number of fused-ring (bicyclic) bond motifs is 2. The summed E-state index contributed by atoms with van der Waals surface area (Å²) in [7, 11) is 0. The van der Waals surface area contributed by atoms with E-state index < -0.39 is 17.4 Å². The number of halogens is 1. The third-order valence-electron chi connectivity index (χ3n) is 5.59. The minimum atomic E-state index is -1.43. The van der Waals surface area contributed by atoms with E-state index in [1.165, 1.54) is 38.1 Å². The highest BCUT2D eigenvalue weighted by Crippen LogP contribution is 2.21. The number of hydrogen-bond acceptors (Lipinski definition) is 7. The van der Waals surface area contributed by atoms with Crippen LogP contribution in [0.1, 0.15) is 30.7 Å². The summed E-state index contributed by atoms with van der Waals surface area (Å²) in [4.78, 5) is 30.0. The van der Waals surface area contributed by atoms with Crippen molar-refractivity contribution in [2.75, 3.05) is 11.9 Å². The average Bonchev–Trinajstić information content (AvgIpc) is 3.25. The number of aromatic nitrogens is 5. The molecule has 0 saturated carbocycles. The van der Waals surface area contributed by atoms with Crippen LogP contribution in [0.4, 0.5) is 15.0 Å². The average molecular weight is 475 g/mol. The molecule has 0 saturated heterocycles. The normalized spacial score (nSPS) is 14.1. The Balaban J connectivity index is 1.40. The molecule has 178 valence electrons. The van der Waals surface area contributed by atoms with Crippen LogP contribution in [0.5, 0.6) is 0 Å². The van der Waals surface area contributed by atoms with Crippen LogP contribution >= 0.6 is 0 Å². The van der Waals surface area contributed by atoms with Gasteiger partial charge in [-0.2, -0.15) is 14.8 Å². The molecule has 0 fully saturated rings. The first-order chi connectivity index (χ1) is 16.8. The van der Waals surface area contributed by atoms with E-state index in [0.29, 0.717) is 23.6 Å². The van der Waals surface area contributed by atoms with Crippen molar-refractivity contribution in [3.63, 3.8) is 0 Å². The molecule has 3 aromatic heterocycles. The van der Waals surface area contributed by atoms with E-state index in [4.69, 9.17) is 0 Å². The predicted octanol–water partition coefficient (Wildman–Crippen LogP) is 2.79. The summed E-state index contributed by atoms with van der Waals surface area (Å²) in [5.41, 5.74) is 1.85. The number of carbonyl (C=O) groups is 1. The number of benzene rings is 1. The minimum Gasteiger partial charge on any atom is -0.384 e. The quantitative estimate of drug-likeness (QED) is 0.388. The van der Waals surface area contributed by atoms with Gasteiger partial charge in [0.1, 0.15) is 17.2 Å². The van der Waals surface area contributed by atoms with Gasteiger partial charge in [-0.3, -0.25) is 5.32 Å². The minimum absolute atomic E-state index is 0.0999. The molecule has 0 radical (unpaired) electrons. The number of nitrogens with zero attached hydrogens (tertiary/aromatic N) is 6. The molecule has 0 bridgehead atoms. The van der Waals surface area contributed by atoms with Crippen molar-refractivity contribution >= 4 is 28.5 Å². The molecule has 4 aromatic rings. The molecule has 3 N–H and O–H groups in total. The van der Waals surface area contributed by atoms with Crippen LogP contribution in [0.2, 0.25) is 0 Å². The molecule has 0 aliphatic carbocycles. The molecule has 35 heavy (non-hydrogen) atoms. The van der Waals surface area contributed by atoms with Crippen molar-refractivity contribution < 1.29 is 14.3 Å². The number of rotatable bonds is 4. The summed E-state index contributed by atoms with van der Waals surface area (Å²) in [6.45, 7) is 4.59. The molecule has 1 aliphatic heterocycles. The predicted molar refractivity (Wildman–Crippen MR) is 128 cm³/mol. The maximum Gasteiger partial charge on any atom is 0.346 e. The van der Waals surface area contributed by atoms with Gasteiger partial charge in [-0.25, -0.2) is 24.1 Å². The second-order valence-corrected chi connectivity index (χ2v) is 8.71. The Kier molecular flexibility index (Phi) is 5.79. The van der Waals surface area contributed by atoms with Crippen molar-refractivity contribution in [2.45, 2.75) is 32.4 Å². The number of aliphatic hydroxyl groups is 1. The van der Waals surface area contributed by atoms with E-state index >= 15 is 0 Å². The molecular weight excluding hydrogens is 451 g/mol. The van der Waals surface area contributed by atoms with E-state index in [-0.39, 0.29) is 11.5 Å². The smallest absolute Gasteiger partial charge is 0.346 e. The number of aliphatic imine (C=N–C) groups is 1. The van der Waals surface area contributed by atoms with Gasteiger partial charge in [0.2, 0.25) is 0 Å². The van der Waals surface area contributed by atoms with Crippen LogP contribution in [0.15, 0.2) is 53.9 Å². The number of anilines is 1. The van der Waals surface area contributed by atoms with Crippen LogP contribution in [0.25, 0.3) is 16.9 Å². The van der Waals surface area contributed by atoms with Crippen LogP contribution < -0.4 is 10.6 Å². The van der Waals surface area contributed by atoms with Gasteiger partial charge in [0, 0.05) is 18.1 Å². The van der Waals surface area contributed by atoms with Crippen LogP contribution in [0, 0.1) is 5.82 Å². The maximum absolute atomic E-state index is 13.3. The van der Waals surface area contributed by atoms with Crippen molar-refractivity contribution in [1.29, 1.82) is 0 Å². The summed E-state index contributed by atoms with van der Waals surface area (Å²) >= 11 is 0. The van der Waals surface area contributed by atoms with E-state index in [1.807, 2.05) is 6.20 Å². The Labute approximate surface area is 200 Å². The molecule has 11 heteroatoms. The topological polar surface area (TPSA) is 130 Å². The fraction of sp³-hybridized carbons (Fsp3) is 0.250. The highest BCUT2D eigenvalue weighted by molar-refractivity contribution is 6.12. The zero-order valence-corrected chi connectivity index (χ0v) is 19.2. The van der Waals surface area contributed by atoms with Gasteiger partial charge in [0.25, 0.3) is 5.95 Å². The number of urea groups is 1. The maximum atomic E-state index is 13.3. The number of hydrogen-bond donors (Lipinski definition) is 3. The molecule has 0 atom stereocenters. The first-order valence-corrected chi connectivity index (χ1v) is 11.1. The van der Waals surface area contributed by atoms with E-state index in [2.05, 4.69) is 35.7 Å². The Morgan fingerprint density at radius 1 is 1.20 bits per heavy atom. The van der Waals surface area contributed by atoms with E-state index in [1.54, 1.807) is 23.1 Å². The Bertz CT molecular complexity index is 1440. The second-order valence-electron chi connectivity index (χ2n) is 8.71. The molecule has 10 nitrogen and oxygen atoms in total. The zero-order chi connectivity index (χ0) is 24.6. The number of carbonyl (C=O) groups excluding carboxylic acids is 1. The van der Waals surface area contributed by atoms with Crippen molar-refractivity contribution in [3.8, 4) is 5.95 Å². The molecular formula is C24H23FN8O2. The fourth-order valence-corrected chi connectivity index (χ4v) is 3.88. The summed E-state index contributed by atoms with van der Waals surface area (Å²) in [5.74, 6) is 0.277. The number of nitrogens with one attached hydrogen (secondary N) is 2. The lowest BCUT2D eigenvalue weighted by atomic mass is 9.95.